The number of carbonyl (C=O) groups excluding carboxylic acids is 2. The number of esters is 1. The van der Waals surface area contributed by atoms with Crippen LogP contribution >= 0.6 is 39.0 Å². The third-order valence-corrected chi connectivity index (χ3v) is 7.40. The molecule has 0 spiro atoms. The van der Waals surface area contributed by atoms with Gasteiger partial charge in [0, 0.05) is 9.35 Å². The summed E-state index contributed by atoms with van der Waals surface area (Å²) < 4.78 is 7.78. The van der Waals surface area contributed by atoms with Crippen molar-refractivity contribution in [3.8, 4) is 5.69 Å². The van der Waals surface area contributed by atoms with E-state index in [1.807, 2.05) is 24.3 Å². The van der Waals surface area contributed by atoms with Crippen molar-refractivity contribution in [1.82, 2.24) is 20.2 Å². The van der Waals surface area contributed by atoms with Gasteiger partial charge in [-0.25, -0.2) is 4.79 Å². The van der Waals surface area contributed by atoms with Crippen molar-refractivity contribution in [3.63, 3.8) is 0 Å². The van der Waals surface area contributed by atoms with Crippen molar-refractivity contribution >= 4 is 55.9 Å². The maximum atomic E-state index is 12.7. The summed E-state index contributed by atoms with van der Waals surface area (Å²) in [5.41, 5.74) is 2.34. The Morgan fingerprint density at radius 3 is 2.81 bits per heavy atom. The highest BCUT2D eigenvalue weighted by Gasteiger charge is 2.27. The van der Waals surface area contributed by atoms with Gasteiger partial charge in [-0.2, -0.15) is 4.68 Å². The van der Waals surface area contributed by atoms with Gasteiger partial charge in [0.15, 0.2) is 0 Å². The number of nitrogens with one attached hydrogen (secondary N) is 1. The van der Waals surface area contributed by atoms with Crippen molar-refractivity contribution in [2.45, 2.75) is 37.8 Å². The number of ether oxygens (including phenoxy) is 1. The van der Waals surface area contributed by atoms with E-state index >= 15 is 0 Å². The lowest BCUT2D eigenvalue weighted by atomic mass is 9.95. The average molecular weight is 522 g/mol. The normalized spacial score (nSPS) is 13.0. The van der Waals surface area contributed by atoms with Gasteiger partial charge in [-0.15, -0.1) is 16.4 Å². The van der Waals surface area contributed by atoms with Gasteiger partial charge in [-0.1, -0.05) is 27.7 Å². The number of carbonyl (C=O) groups is 2. The van der Waals surface area contributed by atoms with Crippen LogP contribution in [0.2, 0.25) is 0 Å². The van der Waals surface area contributed by atoms with Gasteiger partial charge in [0.25, 0.3) is 0 Å². The predicted molar refractivity (Wildman–Crippen MR) is 123 cm³/mol. The van der Waals surface area contributed by atoms with Gasteiger partial charge in [0.2, 0.25) is 11.1 Å². The Hall–Kier alpha value is -2.24. The molecule has 1 aliphatic rings. The van der Waals surface area contributed by atoms with E-state index in [1.165, 1.54) is 23.1 Å². The maximum Gasteiger partial charge on any atom is 0.341 e. The second-order valence-electron chi connectivity index (χ2n) is 6.82. The third-order valence-electron chi connectivity index (χ3n) is 4.75. The lowest BCUT2D eigenvalue weighted by molar-refractivity contribution is -0.113. The summed E-state index contributed by atoms with van der Waals surface area (Å²) >= 11 is 6.11. The Balaban J connectivity index is 1.47. The third kappa shape index (κ3) is 4.99. The molecule has 1 amide bonds. The van der Waals surface area contributed by atoms with Gasteiger partial charge >= 0.3 is 5.97 Å². The van der Waals surface area contributed by atoms with Gasteiger partial charge < -0.3 is 10.1 Å². The molecule has 0 saturated heterocycles. The molecule has 0 radical (unpaired) electrons. The lowest BCUT2D eigenvalue weighted by Gasteiger charge is -2.12. The lowest BCUT2D eigenvalue weighted by Crippen LogP contribution is -2.17. The molecular formula is C20H20BrN5O3S2. The van der Waals surface area contributed by atoms with Crippen molar-refractivity contribution in [3.05, 3.63) is 44.7 Å². The molecular weight excluding hydrogens is 502 g/mol. The Morgan fingerprint density at radius 2 is 2.03 bits per heavy atom. The standard InChI is InChI=1S/C20H20BrN5O3S2/c1-2-29-19(28)17-14-5-3-4-6-15(14)31-18(17)22-16(27)11-30-20-23-24-25-26(20)13-9-7-12(21)8-10-13/h7-10H,2-6,11H2,1H3,(H,22,27). The molecule has 0 atom stereocenters. The quantitative estimate of drug-likeness (QED) is 0.366. The van der Waals surface area contributed by atoms with Crippen LogP contribution in [0.3, 0.4) is 0 Å². The smallest absolute Gasteiger partial charge is 0.341 e. The van der Waals surface area contributed by atoms with Crippen LogP contribution in [0.4, 0.5) is 5.00 Å². The Bertz CT molecular complexity index is 1100. The van der Waals surface area contributed by atoms with Gasteiger partial charge in [-0.3, -0.25) is 4.79 Å². The summed E-state index contributed by atoms with van der Waals surface area (Å²) in [6.07, 6.45) is 3.90. The number of rotatable bonds is 7. The fourth-order valence-electron chi connectivity index (χ4n) is 3.38. The molecule has 31 heavy (non-hydrogen) atoms. The topological polar surface area (TPSA) is 99.0 Å². The molecule has 0 unspecified atom stereocenters. The number of thioether (sulfide) groups is 1. The Labute approximate surface area is 195 Å². The fourth-order valence-corrected chi connectivity index (χ4v) is 5.63. The second-order valence-corrected chi connectivity index (χ2v) is 9.79. The van der Waals surface area contributed by atoms with Crippen molar-refractivity contribution in [1.29, 1.82) is 0 Å². The van der Waals surface area contributed by atoms with E-state index in [0.717, 1.165) is 46.3 Å². The minimum absolute atomic E-state index is 0.113. The van der Waals surface area contributed by atoms with Gasteiger partial charge in [0.05, 0.1) is 23.6 Å². The van der Waals surface area contributed by atoms with E-state index in [-0.39, 0.29) is 17.6 Å². The Morgan fingerprint density at radius 1 is 1.26 bits per heavy atom. The number of aryl methyl sites for hydroxylation is 1. The number of halogens is 1. The highest BCUT2D eigenvalue weighted by Crippen LogP contribution is 2.38. The molecule has 0 fully saturated rings. The summed E-state index contributed by atoms with van der Waals surface area (Å²) in [5, 5.41) is 15.7. The zero-order valence-electron chi connectivity index (χ0n) is 16.8. The molecule has 2 aromatic heterocycles. The zero-order chi connectivity index (χ0) is 21.8. The van der Waals surface area contributed by atoms with E-state index in [1.54, 1.807) is 11.6 Å². The molecule has 11 heteroatoms. The minimum atomic E-state index is -0.371. The van der Waals surface area contributed by atoms with E-state index < -0.39 is 0 Å². The summed E-state index contributed by atoms with van der Waals surface area (Å²) in [6.45, 7) is 2.08. The Kier molecular flexibility index (Phi) is 7.03. The first-order valence-electron chi connectivity index (χ1n) is 9.85. The molecule has 0 saturated carbocycles. The first-order valence-corrected chi connectivity index (χ1v) is 12.4. The fraction of sp³-hybridized carbons (Fsp3) is 0.350. The molecule has 1 aliphatic carbocycles. The molecule has 1 aromatic carbocycles. The summed E-state index contributed by atoms with van der Waals surface area (Å²) in [6, 6.07) is 7.56. The monoisotopic (exact) mass is 521 g/mol. The van der Waals surface area contributed by atoms with Crippen molar-refractivity contribution < 1.29 is 14.3 Å². The average Bonchev–Trinajstić information content (AvgIpc) is 3.37. The number of tetrazole rings is 1. The molecule has 3 aromatic rings. The first-order chi connectivity index (χ1) is 15.1. The maximum absolute atomic E-state index is 12.7. The van der Waals surface area contributed by atoms with E-state index in [9.17, 15) is 9.59 Å². The van der Waals surface area contributed by atoms with Crippen molar-refractivity contribution in [2.24, 2.45) is 0 Å². The number of anilines is 1. The molecule has 1 N–H and O–H groups in total. The number of aromatic nitrogens is 4. The summed E-state index contributed by atoms with van der Waals surface area (Å²) in [7, 11) is 0. The number of hydrogen-bond donors (Lipinski definition) is 1. The number of thiophene rings is 1. The summed E-state index contributed by atoms with van der Waals surface area (Å²) in [5.74, 6) is -0.481. The summed E-state index contributed by atoms with van der Waals surface area (Å²) in [4.78, 5) is 26.4. The van der Waals surface area contributed by atoms with E-state index in [2.05, 4.69) is 36.8 Å². The van der Waals surface area contributed by atoms with Crippen LogP contribution in [0.25, 0.3) is 5.69 Å². The zero-order valence-corrected chi connectivity index (χ0v) is 20.0. The van der Waals surface area contributed by atoms with Crippen LogP contribution in [-0.4, -0.2) is 44.4 Å². The SMILES string of the molecule is CCOC(=O)c1c(NC(=O)CSc2nnnn2-c2ccc(Br)cc2)sc2c1CCCC2. The van der Waals surface area contributed by atoms with Crippen LogP contribution in [0, 0.1) is 0 Å². The van der Waals surface area contributed by atoms with Crippen LogP contribution in [0.15, 0.2) is 33.9 Å². The molecule has 2 heterocycles. The number of nitrogens with zero attached hydrogens (tertiary/aromatic N) is 4. The molecule has 162 valence electrons. The molecule has 0 aliphatic heterocycles. The van der Waals surface area contributed by atoms with Crippen LogP contribution in [0.1, 0.15) is 40.6 Å². The van der Waals surface area contributed by atoms with Gasteiger partial charge in [0.1, 0.15) is 5.00 Å². The highest BCUT2D eigenvalue weighted by molar-refractivity contribution is 9.10. The second kappa shape index (κ2) is 9.92. The molecule has 8 nitrogen and oxygen atoms in total. The number of fused-ring (bicyclic) bond motifs is 1. The minimum Gasteiger partial charge on any atom is -0.462 e. The molecule has 0 bridgehead atoms. The largest absolute Gasteiger partial charge is 0.462 e. The van der Waals surface area contributed by atoms with Crippen LogP contribution < -0.4 is 5.32 Å². The van der Waals surface area contributed by atoms with E-state index in [4.69, 9.17) is 4.74 Å². The predicted octanol–water partition coefficient (Wildman–Crippen LogP) is 4.27. The number of hydrogen-bond acceptors (Lipinski definition) is 8. The van der Waals surface area contributed by atoms with Crippen molar-refractivity contribution in [2.75, 3.05) is 17.7 Å². The van der Waals surface area contributed by atoms with Gasteiger partial charge in [-0.05, 0) is 72.9 Å². The first kappa shape index (κ1) is 22.0. The van der Waals surface area contributed by atoms with Crippen LogP contribution in [-0.2, 0) is 22.4 Å². The van der Waals surface area contributed by atoms with E-state index in [0.29, 0.717) is 22.3 Å². The number of amides is 1. The highest BCUT2D eigenvalue weighted by atomic mass is 79.9. The number of benzene rings is 1. The molecule has 4 rings (SSSR count). The van der Waals surface area contributed by atoms with Crippen LogP contribution in [0.5, 0.6) is 0 Å².